The maximum absolute atomic E-state index is 11.9. The van der Waals surface area contributed by atoms with Gasteiger partial charge < -0.3 is 16.0 Å². The number of nitrogens with one attached hydrogen (secondary N) is 3. The molecular weight excluding hydrogens is 276 g/mol. The third-order valence-corrected chi connectivity index (χ3v) is 2.58. The van der Waals surface area contributed by atoms with Crippen molar-refractivity contribution in [2.75, 3.05) is 18.9 Å². The molecule has 0 heterocycles. The minimum atomic E-state index is -0.538. The number of hydrogen-bond donors (Lipinski definition) is 3. The largest absolute Gasteiger partial charge is 0.383 e. The first-order valence-electron chi connectivity index (χ1n) is 6.39. The molecule has 0 aliphatic rings. The maximum atomic E-state index is 11.9. The van der Waals surface area contributed by atoms with Crippen molar-refractivity contribution in [1.29, 1.82) is 0 Å². The van der Waals surface area contributed by atoms with Gasteiger partial charge in [0.05, 0.1) is 11.5 Å². The van der Waals surface area contributed by atoms with Crippen LogP contribution in [0, 0.1) is 10.1 Å². The van der Waals surface area contributed by atoms with Gasteiger partial charge in [0.15, 0.2) is 0 Å². The van der Waals surface area contributed by atoms with Crippen LogP contribution in [0.4, 0.5) is 11.4 Å². The number of hydrogen-bond acceptors (Lipinski definition) is 5. The predicted molar refractivity (Wildman–Crippen MR) is 78.3 cm³/mol. The van der Waals surface area contributed by atoms with E-state index in [4.69, 9.17) is 0 Å². The van der Waals surface area contributed by atoms with Crippen molar-refractivity contribution in [2.45, 2.75) is 19.9 Å². The highest BCUT2D eigenvalue weighted by Gasteiger charge is 2.16. The van der Waals surface area contributed by atoms with E-state index in [-0.39, 0.29) is 35.4 Å². The summed E-state index contributed by atoms with van der Waals surface area (Å²) in [5.74, 6) is -0.769. The monoisotopic (exact) mass is 294 g/mol. The van der Waals surface area contributed by atoms with E-state index in [1.54, 1.807) is 0 Å². The van der Waals surface area contributed by atoms with E-state index < -0.39 is 10.8 Å². The summed E-state index contributed by atoms with van der Waals surface area (Å²) in [7, 11) is 1.53. The Kier molecular flexibility index (Phi) is 5.65. The molecule has 0 aliphatic heterocycles. The molecular formula is C13H18N4O4. The Morgan fingerprint density at radius 2 is 2.00 bits per heavy atom. The van der Waals surface area contributed by atoms with Crippen molar-refractivity contribution >= 4 is 23.2 Å². The Morgan fingerprint density at radius 1 is 1.33 bits per heavy atom. The summed E-state index contributed by atoms with van der Waals surface area (Å²) in [6.45, 7) is 3.48. The van der Waals surface area contributed by atoms with Crippen LogP contribution in [-0.4, -0.2) is 36.4 Å². The zero-order chi connectivity index (χ0) is 16.0. The number of benzene rings is 1. The smallest absolute Gasteiger partial charge is 0.292 e. The van der Waals surface area contributed by atoms with Crippen LogP contribution in [0.5, 0.6) is 0 Å². The van der Waals surface area contributed by atoms with Crippen LogP contribution in [0.15, 0.2) is 18.2 Å². The van der Waals surface area contributed by atoms with Crippen molar-refractivity contribution in [3.63, 3.8) is 0 Å². The molecule has 21 heavy (non-hydrogen) atoms. The average Bonchev–Trinajstić information content (AvgIpc) is 2.43. The summed E-state index contributed by atoms with van der Waals surface area (Å²) < 4.78 is 0. The van der Waals surface area contributed by atoms with E-state index in [0.29, 0.717) is 0 Å². The number of anilines is 1. The SMILES string of the molecule is CNc1cc(C(=O)NCC(=O)NC(C)C)ccc1[N+](=O)[O-]. The van der Waals surface area contributed by atoms with Crippen LogP contribution < -0.4 is 16.0 Å². The van der Waals surface area contributed by atoms with Gasteiger partial charge >= 0.3 is 0 Å². The first kappa shape index (κ1) is 16.4. The van der Waals surface area contributed by atoms with Crippen LogP contribution in [0.2, 0.25) is 0 Å². The van der Waals surface area contributed by atoms with Gasteiger partial charge in [-0.1, -0.05) is 0 Å². The summed E-state index contributed by atoms with van der Waals surface area (Å²) in [4.78, 5) is 33.6. The second-order valence-corrected chi connectivity index (χ2v) is 4.64. The highest BCUT2D eigenvalue weighted by Crippen LogP contribution is 2.24. The Labute approximate surface area is 122 Å². The number of nitro benzene ring substituents is 1. The van der Waals surface area contributed by atoms with E-state index in [1.165, 1.54) is 25.2 Å². The first-order valence-corrected chi connectivity index (χ1v) is 6.39. The Balaban J connectivity index is 2.75. The van der Waals surface area contributed by atoms with Crippen LogP contribution in [0.25, 0.3) is 0 Å². The molecule has 3 N–H and O–H groups in total. The normalized spacial score (nSPS) is 10.1. The molecule has 0 aromatic heterocycles. The molecule has 1 rings (SSSR count). The lowest BCUT2D eigenvalue weighted by atomic mass is 10.1. The number of nitrogens with zero attached hydrogens (tertiary/aromatic N) is 1. The molecule has 1 aromatic rings. The third-order valence-electron chi connectivity index (χ3n) is 2.58. The molecule has 2 amide bonds. The quantitative estimate of drug-likeness (QED) is 0.532. The van der Waals surface area contributed by atoms with E-state index in [9.17, 15) is 19.7 Å². The molecule has 0 spiro atoms. The minimum Gasteiger partial charge on any atom is -0.383 e. The van der Waals surface area contributed by atoms with Crippen LogP contribution in [0.3, 0.4) is 0 Å². The molecule has 0 atom stereocenters. The average molecular weight is 294 g/mol. The lowest BCUT2D eigenvalue weighted by Gasteiger charge is -2.10. The first-order chi connectivity index (χ1) is 9.85. The minimum absolute atomic E-state index is 0.00956. The lowest BCUT2D eigenvalue weighted by Crippen LogP contribution is -2.39. The van der Waals surface area contributed by atoms with Gasteiger partial charge in [0, 0.05) is 24.7 Å². The van der Waals surface area contributed by atoms with Crippen molar-refractivity contribution in [2.24, 2.45) is 0 Å². The lowest BCUT2D eigenvalue weighted by molar-refractivity contribution is -0.383. The number of rotatable bonds is 6. The summed E-state index contributed by atoms with van der Waals surface area (Å²) in [6.07, 6.45) is 0. The van der Waals surface area contributed by atoms with Crippen molar-refractivity contribution < 1.29 is 14.5 Å². The Morgan fingerprint density at radius 3 is 2.52 bits per heavy atom. The fourth-order valence-corrected chi connectivity index (χ4v) is 1.67. The van der Waals surface area contributed by atoms with Gasteiger partial charge in [-0.25, -0.2) is 0 Å². The van der Waals surface area contributed by atoms with Crippen molar-refractivity contribution in [3.8, 4) is 0 Å². The van der Waals surface area contributed by atoms with E-state index in [0.717, 1.165) is 0 Å². The fourth-order valence-electron chi connectivity index (χ4n) is 1.67. The number of amides is 2. The van der Waals surface area contributed by atoms with Gasteiger partial charge in [0.2, 0.25) is 5.91 Å². The van der Waals surface area contributed by atoms with E-state index in [2.05, 4.69) is 16.0 Å². The van der Waals surface area contributed by atoms with Gasteiger partial charge in [0.1, 0.15) is 5.69 Å². The zero-order valence-electron chi connectivity index (χ0n) is 12.1. The third kappa shape index (κ3) is 4.75. The summed E-state index contributed by atoms with van der Waals surface area (Å²) in [5, 5.41) is 18.6. The maximum Gasteiger partial charge on any atom is 0.292 e. The van der Waals surface area contributed by atoms with Gasteiger partial charge in [-0.15, -0.1) is 0 Å². The van der Waals surface area contributed by atoms with Crippen LogP contribution in [0.1, 0.15) is 24.2 Å². The topological polar surface area (TPSA) is 113 Å². The number of nitro groups is 1. The van der Waals surface area contributed by atoms with E-state index in [1.807, 2.05) is 13.8 Å². The van der Waals surface area contributed by atoms with Gasteiger partial charge in [0.25, 0.3) is 11.6 Å². The fraction of sp³-hybridized carbons (Fsp3) is 0.385. The molecule has 8 nitrogen and oxygen atoms in total. The standard InChI is InChI=1S/C13H18N4O4/c1-8(2)16-12(18)7-15-13(19)9-4-5-11(17(20)21)10(6-9)14-3/h4-6,8,14H,7H2,1-3H3,(H,15,19)(H,16,18). The predicted octanol–water partition coefficient (Wildman–Crippen LogP) is 0.891. The van der Waals surface area contributed by atoms with Crippen LogP contribution in [-0.2, 0) is 4.79 Å². The number of carbonyl (C=O) groups is 2. The molecule has 0 saturated carbocycles. The summed E-state index contributed by atoms with van der Waals surface area (Å²) in [5.41, 5.74) is 0.355. The molecule has 114 valence electrons. The second-order valence-electron chi connectivity index (χ2n) is 4.64. The van der Waals surface area contributed by atoms with Crippen molar-refractivity contribution in [1.82, 2.24) is 10.6 Å². The highest BCUT2D eigenvalue weighted by molar-refractivity contribution is 5.97. The van der Waals surface area contributed by atoms with Gasteiger partial charge in [-0.3, -0.25) is 19.7 Å². The number of carbonyl (C=O) groups excluding carboxylic acids is 2. The molecule has 1 aromatic carbocycles. The molecule has 0 fully saturated rings. The molecule has 0 unspecified atom stereocenters. The molecule has 0 saturated heterocycles. The molecule has 0 radical (unpaired) electrons. The Bertz CT molecular complexity index is 557. The zero-order valence-corrected chi connectivity index (χ0v) is 12.1. The second kappa shape index (κ2) is 7.22. The van der Waals surface area contributed by atoms with Gasteiger partial charge in [-0.05, 0) is 26.0 Å². The van der Waals surface area contributed by atoms with Gasteiger partial charge in [-0.2, -0.15) is 0 Å². The van der Waals surface area contributed by atoms with Crippen LogP contribution >= 0.6 is 0 Å². The summed E-state index contributed by atoms with van der Waals surface area (Å²) >= 11 is 0. The molecule has 0 aliphatic carbocycles. The van der Waals surface area contributed by atoms with E-state index >= 15 is 0 Å². The molecule has 8 heteroatoms. The summed E-state index contributed by atoms with van der Waals surface area (Å²) in [6, 6.07) is 3.95. The highest BCUT2D eigenvalue weighted by atomic mass is 16.6. The molecule has 0 bridgehead atoms. The Hall–Kier alpha value is -2.64. The van der Waals surface area contributed by atoms with Crippen molar-refractivity contribution in [3.05, 3.63) is 33.9 Å².